The van der Waals surface area contributed by atoms with Crippen molar-refractivity contribution in [1.82, 2.24) is 15.1 Å². The number of benzene rings is 3. The molecule has 1 N–H and O–H groups in total. The summed E-state index contributed by atoms with van der Waals surface area (Å²) in [6, 6.07) is 18.6. The van der Waals surface area contributed by atoms with Crippen LogP contribution in [0, 0.1) is 12.7 Å². The van der Waals surface area contributed by atoms with Crippen molar-refractivity contribution in [2.24, 2.45) is 0 Å². The largest absolute Gasteiger partial charge is 0.437 e. The van der Waals surface area contributed by atoms with Crippen molar-refractivity contribution in [3.63, 3.8) is 0 Å². The fourth-order valence-corrected chi connectivity index (χ4v) is 3.62. The Kier molecular flexibility index (Phi) is 7.27. The number of ether oxygens (including phenoxy) is 1. The highest BCUT2D eigenvalue weighted by molar-refractivity contribution is 6.30. The highest BCUT2D eigenvalue weighted by Gasteiger charge is 2.16. The summed E-state index contributed by atoms with van der Waals surface area (Å²) in [7, 11) is 0. The summed E-state index contributed by atoms with van der Waals surface area (Å²) in [5, 5.41) is 7.49. The minimum Gasteiger partial charge on any atom is -0.437 e. The number of halogens is 2. The molecule has 1 heterocycles. The Bertz CT molecular complexity index is 1350. The Balaban J connectivity index is 1.62. The molecule has 4 rings (SSSR count). The molecule has 0 aliphatic heterocycles. The molecule has 0 spiro atoms. The molecule has 0 bridgehead atoms. The van der Waals surface area contributed by atoms with Gasteiger partial charge >= 0.3 is 0 Å². The molecule has 178 valence electrons. The molecule has 35 heavy (non-hydrogen) atoms. The molecule has 6 nitrogen and oxygen atoms in total. The van der Waals surface area contributed by atoms with Gasteiger partial charge in [-0.25, -0.2) is 9.07 Å². The Morgan fingerprint density at radius 2 is 1.77 bits per heavy atom. The SMILES string of the molecule is CC(=O)CCNC(=O)c1ccc(Oc2nn(-c3cc(F)cc(Cl)c3)cc2-c2ccc(C)cc2)cc1. The summed E-state index contributed by atoms with van der Waals surface area (Å²) < 4.78 is 21.5. The zero-order chi connectivity index (χ0) is 24.9. The van der Waals surface area contributed by atoms with Crippen LogP contribution in [0.25, 0.3) is 16.8 Å². The Morgan fingerprint density at radius 3 is 2.43 bits per heavy atom. The number of amides is 1. The van der Waals surface area contributed by atoms with Crippen LogP contribution in [0.1, 0.15) is 29.3 Å². The number of hydrogen-bond acceptors (Lipinski definition) is 4. The number of nitrogens with zero attached hydrogens (tertiary/aromatic N) is 2. The molecule has 0 radical (unpaired) electrons. The summed E-state index contributed by atoms with van der Waals surface area (Å²) in [6.07, 6.45) is 2.04. The maximum Gasteiger partial charge on any atom is 0.251 e. The second-order valence-corrected chi connectivity index (χ2v) is 8.56. The Hall–Kier alpha value is -3.97. The van der Waals surface area contributed by atoms with E-state index in [1.54, 1.807) is 36.5 Å². The number of carbonyl (C=O) groups excluding carboxylic acids is 2. The standard InChI is InChI=1S/C27H23ClFN3O3/c1-17-3-5-19(6-4-17)25-16-32(23-14-21(28)13-22(29)15-23)31-27(25)35-24-9-7-20(8-10-24)26(34)30-12-11-18(2)33/h3-10,13-16H,11-12H2,1-2H3,(H,30,34). The molecule has 0 saturated heterocycles. The summed E-state index contributed by atoms with van der Waals surface area (Å²) in [5.41, 5.74) is 3.59. The number of aryl methyl sites for hydroxylation is 1. The zero-order valence-corrected chi connectivity index (χ0v) is 20.0. The van der Waals surface area contributed by atoms with Crippen molar-refractivity contribution in [3.8, 4) is 28.4 Å². The number of rotatable bonds is 8. The van der Waals surface area contributed by atoms with E-state index in [4.69, 9.17) is 16.3 Å². The molecule has 0 unspecified atom stereocenters. The lowest BCUT2D eigenvalue weighted by Crippen LogP contribution is -2.25. The number of hydrogen-bond donors (Lipinski definition) is 1. The van der Waals surface area contributed by atoms with E-state index >= 15 is 0 Å². The van der Waals surface area contributed by atoms with Crippen molar-refractivity contribution in [3.05, 3.63) is 94.9 Å². The van der Waals surface area contributed by atoms with E-state index in [0.717, 1.165) is 11.1 Å². The number of aromatic nitrogens is 2. The minimum atomic E-state index is -0.473. The van der Waals surface area contributed by atoms with E-state index in [-0.39, 0.29) is 29.7 Å². The predicted octanol–water partition coefficient (Wildman–Crippen LogP) is 6.14. The van der Waals surface area contributed by atoms with Gasteiger partial charge in [0.25, 0.3) is 5.91 Å². The summed E-state index contributed by atoms with van der Waals surface area (Å²) in [6.45, 7) is 3.76. The van der Waals surface area contributed by atoms with Gasteiger partial charge in [-0.15, -0.1) is 5.10 Å². The van der Waals surface area contributed by atoms with Crippen LogP contribution < -0.4 is 10.1 Å². The van der Waals surface area contributed by atoms with Crippen LogP contribution in [-0.4, -0.2) is 28.0 Å². The third-order valence-electron chi connectivity index (χ3n) is 5.25. The van der Waals surface area contributed by atoms with Crippen molar-refractivity contribution in [1.29, 1.82) is 0 Å². The van der Waals surface area contributed by atoms with Crippen LogP contribution in [0.5, 0.6) is 11.6 Å². The Morgan fingerprint density at radius 1 is 1.06 bits per heavy atom. The normalized spacial score (nSPS) is 10.7. The molecule has 0 saturated carbocycles. The molecule has 0 aliphatic rings. The molecule has 0 fully saturated rings. The van der Waals surface area contributed by atoms with Crippen LogP contribution in [0.2, 0.25) is 5.02 Å². The first kappa shape index (κ1) is 24.2. The topological polar surface area (TPSA) is 73.2 Å². The fraction of sp³-hybridized carbons (Fsp3) is 0.148. The number of Topliss-reactive ketones (excluding diaryl/α,β-unsaturated/α-hetero) is 1. The smallest absolute Gasteiger partial charge is 0.251 e. The van der Waals surface area contributed by atoms with Crippen molar-refractivity contribution in [2.75, 3.05) is 6.54 Å². The molecular weight excluding hydrogens is 469 g/mol. The summed E-state index contributed by atoms with van der Waals surface area (Å²) in [5.74, 6) is 0.0531. The quantitative estimate of drug-likeness (QED) is 0.321. The van der Waals surface area contributed by atoms with Gasteiger partial charge < -0.3 is 10.1 Å². The molecule has 4 aromatic rings. The first-order valence-electron chi connectivity index (χ1n) is 11.0. The summed E-state index contributed by atoms with van der Waals surface area (Å²) in [4.78, 5) is 23.3. The lowest BCUT2D eigenvalue weighted by atomic mass is 10.1. The van der Waals surface area contributed by atoms with Gasteiger partial charge in [0, 0.05) is 29.7 Å². The van der Waals surface area contributed by atoms with Crippen LogP contribution in [0.4, 0.5) is 4.39 Å². The highest BCUT2D eigenvalue weighted by Crippen LogP contribution is 2.34. The minimum absolute atomic E-state index is 0.0124. The average Bonchev–Trinajstić information content (AvgIpc) is 3.23. The second-order valence-electron chi connectivity index (χ2n) is 8.12. The summed E-state index contributed by atoms with van der Waals surface area (Å²) >= 11 is 6.04. The van der Waals surface area contributed by atoms with Gasteiger partial charge in [-0.3, -0.25) is 9.59 Å². The van der Waals surface area contributed by atoms with E-state index in [1.807, 2.05) is 31.2 Å². The van der Waals surface area contributed by atoms with Crippen molar-refractivity contribution < 1.29 is 18.7 Å². The lowest BCUT2D eigenvalue weighted by molar-refractivity contribution is -0.116. The molecule has 0 aliphatic carbocycles. The monoisotopic (exact) mass is 491 g/mol. The van der Waals surface area contributed by atoms with E-state index < -0.39 is 5.82 Å². The third kappa shape index (κ3) is 6.13. The van der Waals surface area contributed by atoms with Gasteiger partial charge in [0.15, 0.2) is 0 Å². The van der Waals surface area contributed by atoms with Crippen LogP contribution >= 0.6 is 11.6 Å². The highest BCUT2D eigenvalue weighted by atomic mass is 35.5. The van der Waals surface area contributed by atoms with E-state index in [1.165, 1.54) is 23.7 Å². The Labute approximate surface area is 207 Å². The van der Waals surface area contributed by atoms with Crippen molar-refractivity contribution in [2.45, 2.75) is 20.3 Å². The lowest BCUT2D eigenvalue weighted by Gasteiger charge is -2.07. The van der Waals surface area contributed by atoms with Gasteiger partial charge in [0.1, 0.15) is 17.3 Å². The number of nitrogens with one attached hydrogen (secondary N) is 1. The molecule has 0 atom stereocenters. The number of ketones is 1. The van der Waals surface area contributed by atoms with Gasteiger partial charge in [0.05, 0.1) is 11.3 Å². The zero-order valence-electron chi connectivity index (χ0n) is 19.2. The molecule has 8 heteroatoms. The molecular formula is C27H23ClFN3O3. The third-order valence-corrected chi connectivity index (χ3v) is 5.47. The first-order chi connectivity index (χ1) is 16.8. The van der Waals surface area contributed by atoms with Crippen molar-refractivity contribution >= 4 is 23.3 Å². The molecule has 3 aromatic carbocycles. The van der Waals surface area contributed by atoms with E-state index in [2.05, 4.69) is 10.4 Å². The maximum absolute atomic E-state index is 13.9. The van der Waals surface area contributed by atoms with Gasteiger partial charge in [0.2, 0.25) is 5.88 Å². The maximum atomic E-state index is 13.9. The van der Waals surface area contributed by atoms with Crippen LogP contribution in [0.3, 0.4) is 0 Å². The fourth-order valence-electron chi connectivity index (χ4n) is 3.41. The number of carbonyl (C=O) groups is 2. The van der Waals surface area contributed by atoms with Gasteiger partial charge in [-0.2, -0.15) is 0 Å². The van der Waals surface area contributed by atoms with E-state index in [0.29, 0.717) is 28.4 Å². The van der Waals surface area contributed by atoms with Gasteiger partial charge in [-0.1, -0.05) is 41.4 Å². The second kappa shape index (κ2) is 10.5. The molecule has 1 aromatic heterocycles. The van der Waals surface area contributed by atoms with Crippen LogP contribution in [0.15, 0.2) is 72.9 Å². The van der Waals surface area contributed by atoms with Crippen LogP contribution in [-0.2, 0) is 4.79 Å². The predicted molar refractivity (Wildman–Crippen MR) is 133 cm³/mol. The van der Waals surface area contributed by atoms with Gasteiger partial charge in [-0.05, 0) is 61.9 Å². The average molecular weight is 492 g/mol. The first-order valence-corrected chi connectivity index (χ1v) is 11.3. The molecule has 1 amide bonds. The van der Waals surface area contributed by atoms with E-state index in [9.17, 15) is 14.0 Å².